The van der Waals surface area contributed by atoms with Crippen molar-refractivity contribution in [1.82, 2.24) is 0 Å². The molecular weight excluding hydrogens is 268 g/mol. The highest BCUT2D eigenvalue weighted by Crippen LogP contribution is 2.24. The second kappa shape index (κ2) is 7.39. The third kappa shape index (κ3) is 4.60. The Hall–Kier alpha value is -1.42. The molecule has 1 aromatic rings. The lowest BCUT2D eigenvalue weighted by molar-refractivity contribution is -0.120. The van der Waals surface area contributed by atoms with Crippen molar-refractivity contribution >= 4 is 28.8 Å². The van der Waals surface area contributed by atoms with Gasteiger partial charge in [0, 0.05) is 18.0 Å². The molecule has 0 spiro atoms. The molecule has 0 radical (unpaired) electrons. The first-order valence-corrected chi connectivity index (χ1v) is 7.74. The maximum Gasteiger partial charge on any atom is 0.227 e. The quantitative estimate of drug-likeness (QED) is 0.660. The molecule has 1 aliphatic rings. The predicted octanol–water partition coefficient (Wildman–Crippen LogP) is 3.42. The Morgan fingerprint density at radius 2 is 1.75 bits per heavy atom. The highest BCUT2D eigenvalue weighted by Gasteiger charge is 2.19. The SMILES string of the molecule is NC(=S)Cc1ccc(NC(=O)C2CCCCCC2)cc1. The average molecular weight is 290 g/mol. The molecule has 1 aromatic carbocycles. The minimum Gasteiger partial charge on any atom is -0.393 e. The number of benzene rings is 1. The molecule has 0 unspecified atom stereocenters. The van der Waals surface area contributed by atoms with Crippen molar-refractivity contribution in [2.45, 2.75) is 44.9 Å². The van der Waals surface area contributed by atoms with E-state index in [1.165, 1.54) is 25.7 Å². The van der Waals surface area contributed by atoms with E-state index in [2.05, 4.69) is 5.32 Å². The van der Waals surface area contributed by atoms with E-state index in [0.717, 1.165) is 24.1 Å². The molecular formula is C16H22N2OS. The van der Waals surface area contributed by atoms with Gasteiger partial charge < -0.3 is 11.1 Å². The number of amides is 1. The van der Waals surface area contributed by atoms with Crippen molar-refractivity contribution in [2.24, 2.45) is 11.7 Å². The van der Waals surface area contributed by atoms with Crippen LogP contribution in [0.1, 0.15) is 44.1 Å². The molecule has 0 heterocycles. The van der Waals surface area contributed by atoms with Gasteiger partial charge in [-0.1, -0.05) is 50.0 Å². The zero-order chi connectivity index (χ0) is 14.4. The topological polar surface area (TPSA) is 55.1 Å². The summed E-state index contributed by atoms with van der Waals surface area (Å²) in [5, 5.41) is 3.02. The van der Waals surface area contributed by atoms with E-state index in [-0.39, 0.29) is 11.8 Å². The molecule has 0 bridgehead atoms. The first-order chi connectivity index (χ1) is 9.65. The van der Waals surface area contributed by atoms with Crippen LogP contribution in [0.3, 0.4) is 0 Å². The number of hydrogen-bond acceptors (Lipinski definition) is 2. The van der Waals surface area contributed by atoms with Gasteiger partial charge in [0.1, 0.15) is 0 Å². The van der Waals surface area contributed by atoms with E-state index in [1.807, 2.05) is 24.3 Å². The summed E-state index contributed by atoms with van der Waals surface area (Å²) in [6, 6.07) is 7.76. The number of hydrogen-bond donors (Lipinski definition) is 2. The standard InChI is InChI=1S/C16H22N2OS/c17-15(20)11-12-7-9-14(10-8-12)18-16(19)13-5-3-1-2-4-6-13/h7-10,13H,1-6,11H2,(H2,17,20)(H,18,19). The molecule has 1 aliphatic carbocycles. The smallest absolute Gasteiger partial charge is 0.227 e. The van der Waals surface area contributed by atoms with Gasteiger partial charge in [-0.3, -0.25) is 4.79 Å². The summed E-state index contributed by atoms with van der Waals surface area (Å²) in [5.74, 6) is 0.336. The third-order valence-corrected chi connectivity index (χ3v) is 3.97. The molecule has 3 N–H and O–H groups in total. The lowest BCUT2D eigenvalue weighted by atomic mass is 9.99. The van der Waals surface area contributed by atoms with Gasteiger partial charge in [-0.2, -0.15) is 0 Å². The first kappa shape index (κ1) is 15.0. The zero-order valence-corrected chi connectivity index (χ0v) is 12.5. The summed E-state index contributed by atoms with van der Waals surface area (Å²) in [6.45, 7) is 0. The lowest BCUT2D eigenvalue weighted by Gasteiger charge is -2.14. The van der Waals surface area contributed by atoms with Gasteiger partial charge in [-0.15, -0.1) is 0 Å². The molecule has 0 aromatic heterocycles. The fourth-order valence-corrected chi connectivity index (χ4v) is 2.86. The zero-order valence-electron chi connectivity index (χ0n) is 11.7. The highest BCUT2D eigenvalue weighted by molar-refractivity contribution is 7.80. The van der Waals surface area contributed by atoms with Gasteiger partial charge in [0.25, 0.3) is 0 Å². The molecule has 4 heteroatoms. The second-order valence-electron chi connectivity index (χ2n) is 5.52. The number of nitrogens with two attached hydrogens (primary N) is 1. The molecule has 3 nitrogen and oxygen atoms in total. The molecule has 20 heavy (non-hydrogen) atoms. The van der Waals surface area contributed by atoms with E-state index >= 15 is 0 Å². The predicted molar refractivity (Wildman–Crippen MR) is 86.8 cm³/mol. The summed E-state index contributed by atoms with van der Waals surface area (Å²) in [7, 11) is 0. The Bertz CT molecular complexity index is 462. The van der Waals surface area contributed by atoms with Crippen LogP contribution in [0, 0.1) is 5.92 Å². The maximum absolute atomic E-state index is 12.2. The molecule has 1 amide bonds. The Balaban J connectivity index is 1.91. The first-order valence-electron chi connectivity index (χ1n) is 7.33. The van der Waals surface area contributed by atoms with Gasteiger partial charge >= 0.3 is 0 Å². The number of anilines is 1. The molecule has 2 rings (SSSR count). The largest absolute Gasteiger partial charge is 0.393 e. The average Bonchev–Trinajstić information content (AvgIpc) is 2.69. The Morgan fingerprint density at radius 1 is 1.15 bits per heavy atom. The molecule has 0 atom stereocenters. The Labute approximate surface area is 125 Å². The summed E-state index contributed by atoms with van der Waals surface area (Å²) >= 11 is 4.89. The fraction of sp³-hybridized carbons (Fsp3) is 0.500. The number of nitrogens with one attached hydrogen (secondary N) is 1. The van der Waals surface area contributed by atoms with E-state index in [1.54, 1.807) is 0 Å². The van der Waals surface area contributed by atoms with Gasteiger partial charge in [0.15, 0.2) is 0 Å². The number of thiocarbonyl (C=S) groups is 1. The van der Waals surface area contributed by atoms with Crippen LogP contribution >= 0.6 is 12.2 Å². The van der Waals surface area contributed by atoms with Crippen molar-refractivity contribution < 1.29 is 4.79 Å². The fourth-order valence-electron chi connectivity index (χ4n) is 2.69. The van der Waals surface area contributed by atoms with Gasteiger partial charge in [-0.05, 0) is 30.5 Å². The second-order valence-corrected chi connectivity index (χ2v) is 6.04. The minimum absolute atomic E-state index is 0.161. The van der Waals surface area contributed by atoms with Gasteiger partial charge in [0.2, 0.25) is 5.91 Å². The van der Waals surface area contributed by atoms with Crippen molar-refractivity contribution in [3.05, 3.63) is 29.8 Å². The normalized spacial score (nSPS) is 16.4. The third-order valence-electron chi connectivity index (χ3n) is 3.83. The highest BCUT2D eigenvalue weighted by atomic mass is 32.1. The van der Waals surface area contributed by atoms with Crippen LogP contribution in [0.2, 0.25) is 0 Å². The number of carbonyl (C=O) groups is 1. The van der Waals surface area contributed by atoms with Gasteiger partial charge in [-0.25, -0.2) is 0 Å². The van der Waals surface area contributed by atoms with Crippen molar-refractivity contribution in [3.63, 3.8) is 0 Å². The van der Waals surface area contributed by atoms with Gasteiger partial charge in [0.05, 0.1) is 4.99 Å². The summed E-state index contributed by atoms with van der Waals surface area (Å²) in [6.07, 6.45) is 7.51. The van der Waals surface area contributed by atoms with Crippen molar-refractivity contribution in [3.8, 4) is 0 Å². The maximum atomic E-state index is 12.2. The van der Waals surface area contributed by atoms with Crippen LogP contribution in [0.4, 0.5) is 5.69 Å². The van der Waals surface area contributed by atoms with Crippen LogP contribution in [-0.2, 0) is 11.2 Å². The van der Waals surface area contributed by atoms with Crippen LogP contribution in [-0.4, -0.2) is 10.9 Å². The summed E-state index contributed by atoms with van der Waals surface area (Å²) in [5.41, 5.74) is 7.44. The molecule has 1 saturated carbocycles. The van der Waals surface area contributed by atoms with Crippen molar-refractivity contribution in [1.29, 1.82) is 0 Å². The number of carbonyl (C=O) groups excluding carboxylic acids is 1. The summed E-state index contributed by atoms with van der Waals surface area (Å²) in [4.78, 5) is 12.7. The lowest BCUT2D eigenvalue weighted by Crippen LogP contribution is -2.22. The van der Waals surface area contributed by atoms with E-state index in [0.29, 0.717) is 11.4 Å². The van der Waals surface area contributed by atoms with Crippen LogP contribution < -0.4 is 11.1 Å². The number of rotatable bonds is 4. The van der Waals surface area contributed by atoms with E-state index < -0.39 is 0 Å². The van der Waals surface area contributed by atoms with Crippen LogP contribution in [0.25, 0.3) is 0 Å². The van der Waals surface area contributed by atoms with E-state index in [4.69, 9.17) is 18.0 Å². The van der Waals surface area contributed by atoms with E-state index in [9.17, 15) is 4.79 Å². The van der Waals surface area contributed by atoms with Crippen molar-refractivity contribution in [2.75, 3.05) is 5.32 Å². The van der Waals surface area contributed by atoms with Crippen LogP contribution in [0.15, 0.2) is 24.3 Å². The Kier molecular flexibility index (Phi) is 5.53. The Morgan fingerprint density at radius 3 is 2.30 bits per heavy atom. The summed E-state index contributed by atoms with van der Waals surface area (Å²) < 4.78 is 0. The monoisotopic (exact) mass is 290 g/mol. The molecule has 1 fully saturated rings. The minimum atomic E-state index is 0.161. The molecule has 0 saturated heterocycles. The molecule has 0 aliphatic heterocycles. The molecule has 108 valence electrons. The van der Waals surface area contributed by atoms with Crippen LogP contribution in [0.5, 0.6) is 0 Å².